The zero-order chi connectivity index (χ0) is 16.5. The second kappa shape index (κ2) is 9.56. The predicted octanol–water partition coefficient (Wildman–Crippen LogP) is 3.39. The van der Waals surface area contributed by atoms with Crippen molar-refractivity contribution in [1.29, 1.82) is 0 Å². The van der Waals surface area contributed by atoms with Gasteiger partial charge < -0.3 is 10.6 Å². The maximum absolute atomic E-state index is 12.1. The minimum atomic E-state index is -0.0747. The largest absolute Gasteiger partial charge is 0.337 e. The van der Waals surface area contributed by atoms with E-state index in [0.717, 1.165) is 25.2 Å². The topological polar surface area (TPSA) is 44.4 Å². The number of carbonyl (C=O) groups excluding carboxylic acids is 1. The highest BCUT2D eigenvalue weighted by Gasteiger charge is 2.23. The molecule has 1 aromatic rings. The van der Waals surface area contributed by atoms with Crippen LogP contribution in [0.25, 0.3) is 0 Å². The Bertz CT molecular complexity index is 453. The molecule has 1 aromatic carbocycles. The first-order valence-electron chi connectivity index (χ1n) is 8.96. The van der Waals surface area contributed by atoms with Gasteiger partial charge in [-0.25, -0.2) is 4.79 Å². The van der Waals surface area contributed by atoms with Crippen LogP contribution in [-0.4, -0.2) is 36.6 Å². The third-order valence-corrected chi connectivity index (χ3v) is 4.65. The molecule has 1 saturated heterocycles. The molecule has 4 nitrogen and oxygen atoms in total. The molecule has 0 spiro atoms. The van der Waals surface area contributed by atoms with Crippen LogP contribution < -0.4 is 10.6 Å². The molecule has 1 unspecified atom stereocenters. The van der Waals surface area contributed by atoms with E-state index >= 15 is 0 Å². The summed E-state index contributed by atoms with van der Waals surface area (Å²) in [6, 6.07) is 10.4. The second-order valence-corrected chi connectivity index (χ2v) is 6.81. The van der Waals surface area contributed by atoms with Crippen molar-refractivity contribution in [3.05, 3.63) is 35.9 Å². The minimum absolute atomic E-state index is 0.0747. The number of benzene rings is 1. The highest BCUT2D eigenvalue weighted by molar-refractivity contribution is 5.73. The van der Waals surface area contributed by atoms with Crippen molar-refractivity contribution >= 4 is 6.03 Å². The molecule has 1 aliphatic rings. The molecule has 2 N–H and O–H groups in total. The number of hydrogen-bond acceptors (Lipinski definition) is 2. The van der Waals surface area contributed by atoms with Crippen LogP contribution >= 0.6 is 0 Å². The van der Waals surface area contributed by atoms with Gasteiger partial charge in [0.05, 0.1) is 0 Å². The van der Waals surface area contributed by atoms with Crippen LogP contribution in [0.4, 0.5) is 4.79 Å². The maximum Gasteiger partial charge on any atom is 0.315 e. The monoisotopic (exact) mass is 317 g/mol. The average molecular weight is 317 g/mol. The Kier molecular flexibility index (Phi) is 7.40. The van der Waals surface area contributed by atoms with Crippen molar-refractivity contribution < 1.29 is 4.79 Å². The summed E-state index contributed by atoms with van der Waals surface area (Å²) in [4.78, 5) is 14.6. The number of nitrogens with one attached hydrogen (secondary N) is 2. The van der Waals surface area contributed by atoms with Gasteiger partial charge in [-0.2, -0.15) is 0 Å². The summed E-state index contributed by atoms with van der Waals surface area (Å²) in [5, 5.41) is 6.00. The maximum atomic E-state index is 12.1. The van der Waals surface area contributed by atoms with E-state index in [9.17, 15) is 4.79 Å². The number of urea groups is 1. The fourth-order valence-electron chi connectivity index (χ4n) is 3.25. The fourth-order valence-corrected chi connectivity index (χ4v) is 3.25. The van der Waals surface area contributed by atoms with Crippen LogP contribution in [0.2, 0.25) is 0 Å². The quantitative estimate of drug-likeness (QED) is 0.845. The number of hydrogen-bond donors (Lipinski definition) is 2. The van der Waals surface area contributed by atoms with Crippen LogP contribution in [-0.2, 0) is 6.54 Å². The van der Waals surface area contributed by atoms with Crippen molar-refractivity contribution in [2.45, 2.75) is 52.1 Å². The highest BCUT2D eigenvalue weighted by Crippen LogP contribution is 2.17. The second-order valence-electron chi connectivity index (χ2n) is 6.81. The van der Waals surface area contributed by atoms with Gasteiger partial charge in [0.1, 0.15) is 0 Å². The van der Waals surface area contributed by atoms with E-state index in [-0.39, 0.29) is 6.03 Å². The third kappa shape index (κ3) is 6.22. The molecule has 0 aliphatic carbocycles. The lowest BCUT2D eigenvalue weighted by molar-refractivity contribution is 0.157. The van der Waals surface area contributed by atoms with Crippen molar-refractivity contribution in [3.63, 3.8) is 0 Å². The lowest BCUT2D eigenvalue weighted by Gasteiger charge is -2.33. The molecule has 2 amide bonds. The molecule has 4 heteroatoms. The Morgan fingerprint density at radius 3 is 2.30 bits per heavy atom. The number of amides is 2. The molecular weight excluding hydrogens is 286 g/mol. The Morgan fingerprint density at radius 1 is 1.04 bits per heavy atom. The first-order valence-corrected chi connectivity index (χ1v) is 8.96. The van der Waals surface area contributed by atoms with E-state index in [0.29, 0.717) is 18.5 Å². The van der Waals surface area contributed by atoms with Crippen LogP contribution in [0.3, 0.4) is 0 Å². The molecule has 0 radical (unpaired) electrons. The van der Waals surface area contributed by atoms with E-state index in [1.165, 1.54) is 25.7 Å². The Hall–Kier alpha value is -1.55. The summed E-state index contributed by atoms with van der Waals surface area (Å²) in [7, 11) is 0. The summed E-state index contributed by atoms with van der Waals surface area (Å²) in [5.41, 5.74) is 1.12. The smallest absolute Gasteiger partial charge is 0.315 e. The van der Waals surface area contributed by atoms with E-state index in [1.807, 2.05) is 30.3 Å². The molecule has 1 fully saturated rings. The summed E-state index contributed by atoms with van der Waals surface area (Å²) in [6.45, 7) is 8.12. The number of nitrogens with zero attached hydrogens (tertiary/aromatic N) is 1. The van der Waals surface area contributed by atoms with Gasteiger partial charge in [0.25, 0.3) is 0 Å². The summed E-state index contributed by atoms with van der Waals surface area (Å²) < 4.78 is 0. The van der Waals surface area contributed by atoms with Gasteiger partial charge in [0.15, 0.2) is 0 Å². The van der Waals surface area contributed by atoms with Crippen LogP contribution in [0.15, 0.2) is 30.3 Å². The van der Waals surface area contributed by atoms with Crippen molar-refractivity contribution in [2.75, 3.05) is 19.6 Å². The Labute approximate surface area is 140 Å². The zero-order valence-electron chi connectivity index (χ0n) is 14.6. The molecule has 1 atom stereocenters. The first-order chi connectivity index (χ1) is 11.2. The summed E-state index contributed by atoms with van der Waals surface area (Å²) in [6.07, 6.45) is 5.24. The van der Waals surface area contributed by atoms with Gasteiger partial charge in [-0.15, -0.1) is 0 Å². The molecular formula is C19H31N3O. The summed E-state index contributed by atoms with van der Waals surface area (Å²) >= 11 is 0. The lowest BCUT2D eigenvalue weighted by Crippen LogP contribution is -2.49. The molecule has 0 aromatic heterocycles. The fraction of sp³-hybridized carbons (Fsp3) is 0.632. The summed E-state index contributed by atoms with van der Waals surface area (Å²) in [5.74, 6) is 0.544. The van der Waals surface area contributed by atoms with Crippen molar-refractivity contribution in [3.8, 4) is 0 Å². The van der Waals surface area contributed by atoms with Crippen LogP contribution in [0, 0.1) is 5.92 Å². The van der Waals surface area contributed by atoms with Gasteiger partial charge in [0.2, 0.25) is 0 Å². The van der Waals surface area contributed by atoms with Gasteiger partial charge in [0, 0.05) is 19.1 Å². The molecule has 128 valence electrons. The first kappa shape index (κ1) is 17.8. The molecule has 0 saturated carbocycles. The SMILES string of the molecule is CC(C)C(CNC(=O)NCc1ccccc1)N1CCCCCC1. The number of likely N-dealkylation sites (tertiary alicyclic amines) is 1. The van der Waals surface area contributed by atoms with Crippen molar-refractivity contribution in [1.82, 2.24) is 15.5 Å². The molecule has 23 heavy (non-hydrogen) atoms. The molecule has 2 rings (SSSR count). The van der Waals surface area contributed by atoms with E-state index in [1.54, 1.807) is 0 Å². The van der Waals surface area contributed by atoms with E-state index < -0.39 is 0 Å². The molecule has 1 aliphatic heterocycles. The van der Waals surface area contributed by atoms with Gasteiger partial charge in [-0.05, 0) is 37.4 Å². The highest BCUT2D eigenvalue weighted by atomic mass is 16.2. The van der Waals surface area contributed by atoms with E-state index in [4.69, 9.17) is 0 Å². The molecule has 1 heterocycles. The predicted molar refractivity (Wildman–Crippen MR) is 95.3 cm³/mol. The standard InChI is InChI=1S/C19H31N3O/c1-16(2)18(22-12-8-3-4-9-13-22)15-21-19(23)20-14-17-10-6-5-7-11-17/h5-7,10-11,16,18H,3-4,8-9,12-15H2,1-2H3,(H2,20,21,23). The lowest BCUT2D eigenvalue weighted by atomic mass is 10.0. The van der Waals surface area contributed by atoms with Crippen LogP contribution in [0.1, 0.15) is 45.1 Å². The average Bonchev–Trinajstić information content (AvgIpc) is 2.83. The Morgan fingerprint density at radius 2 is 1.70 bits per heavy atom. The van der Waals surface area contributed by atoms with Crippen molar-refractivity contribution in [2.24, 2.45) is 5.92 Å². The Balaban J connectivity index is 1.77. The number of carbonyl (C=O) groups is 1. The normalized spacial score (nSPS) is 17.5. The van der Waals surface area contributed by atoms with Gasteiger partial charge in [-0.1, -0.05) is 57.0 Å². The van der Waals surface area contributed by atoms with Crippen LogP contribution in [0.5, 0.6) is 0 Å². The zero-order valence-corrected chi connectivity index (χ0v) is 14.6. The molecule has 0 bridgehead atoms. The van der Waals surface area contributed by atoms with E-state index in [2.05, 4.69) is 29.4 Å². The number of rotatable bonds is 6. The minimum Gasteiger partial charge on any atom is -0.337 e. The van der Waals surface area contributed by atoms with Gasteiger partial charge in [-0.3, -0.25) is 4.90 Å². The third-order valence-electron chi connectivity index (χ3n) is 4.65. The van der Waals surface area contributed by atoms with Gasteiger partial charge >= 0.3 is 6.03 Å².